The molecule has 6 nitrogen and oxygen atoms in total. The van der Waals surface area contributed by atoms with Crippen molar-refractivity contribution in [3.05, 3.63) is 24.3 Å². The molecular weight excluding hydrogens is 254 g/mol. The minimum atomic E-state index is -3.96. The summed E-state index contributed by atoms with van der Waals surface area (Å²) >= 11 is 0. The van der Waals surface area contributed by atoms with E-state index in [-0.39, 0.29) is 6.42 Å². The van der Waals surface area contributed by atoms with Crippen molar-refractivity contribution in [1.29, 1.82) is 0 Å². The Labute approximate surface area is 97.5 Å². The van der Waals surface area contributed by atoms with Crippen LogP contribution in [0.3, 0.4) is 0 Å². The Morgan fingerprint density at radius 1 is 1.50 bits per heavy atom. The molecule has 16 heavy (non-hydrogen) atoms. The highest BCUT2D eigenvalue weighted by atomic mass is 35.7. The SMILES string of the molecule is CC(=O)NN=NC1(S(=O)(=O)Cl)C=CC=CC1. The van der Waals surface area contributed by atoms with Gasteiger partial charge in [-0.2, -0.15) is 0 Å². The van der Waals surface area contributed by atoms with Crippen molar-refractivity contribution in [2.24, 2.45) is 10.3 Å². The van der Waals surface area contributed by atoms with E-state index in [0.717, 1.165) is 0 Å². The molecule has 0 bridgehead atoms. The lowest BCUT2D eigenvalue weighted by Crippen LogP contribution is -2.32. The lowest BCUT2D eigenvalue weighted by molar-refractivity contribution is -0.119. The van der Waals surface area contributed by atoms with Gasteiger partial charge in [-0.1, -0.05) is 23.5 Å². The molecule has 0 saturated heterocycles. The number of amides is 1. The van der Waals surface area contributed by atoms with Gasteiger partial charge in [-0.3, -0.25) is 4.79 Å². The molecule has 1 atom stereocenters. The van der Waals surface area contributed by atoms with Gasteiger partial charge in [0, 0.05) is 24.0 Å². The van der Waals surface area contributed by atoms with Crippen LogP contribution < -0.4 is 5.43 Å². The fourth-order valence-corrected chi connectivity index (χ4v) is 2.18. The molecule has 0 fully saturated rings. The van der Waals surface area contributed by atoms with E-state index in [1.165, 1.54) is 19.1 Å². The maximum Gasteiger partial charge on any atom is 0.264 e. The molecule has 0 spiro atoms. The summed E-state index contributed by atoms with van der Waals surface area (Å²) in [5.41, 5.74) is 2.03. The van der Waals surface area contributed by atoms with Crippen molar-refractivity contribution in [3.8, 4) is 0 Å². The minimum absolute atomic E-state index is 0.0818. The van der Waals surface area contributed by atoms with E-state index in [4.69, 9.17) is 10.7 Å². The second-order valence-corrected chi connectivity index (χ2v) is 5.94. The van der Waals surface area contributed by atoms with Crippen LogP contribution in [0.4, 0.5) is 0 Å². The second kappa shape index (κ2) is 4.75. The number of hydrogen-bond donors (Lipinski definition) is 1. The van der Waals surface area contributed by atoms with E-state index < -0.39 is 19.8 Å². The molecule has 1 unspecified atom stereocenters. The third-order valence-corrected chi connectivity index (χ3v) is 3.89. The first-order valence-electron chi connectivity index (χ1n) is 4.34. The normalized spacial score (nSPS) is 24.9. The molecule has 0 aromatic heterocycles. The first-order valence-corrected chi connectivity index (χ1v) is 6.65. The van der Waals surface area contributed by atoms with Crippen molar-refractivity contribution in [1.82, 2.24) is 5.43 Å². The van der Waals surface area contributed by atoms with Crippen molar-refractivity contribution in [3.63, 3.8) is 0 Å². The number of carbonyl (C=O) groups excluding carboxylic acids is 1. The molecule has 88 valence electrons. The second-order valence-electron chi connectivity index (χ2n) is 3.14. The quantitative estimate of drug-likeness (QED) is 0.472. The highest BCUT2D eigenvalue weighted by molar-refractivity contribution is 8.15. The Balaban J connectivity index is 2.99. The Morgan fingerprint density at radius 2 is 2.19 bits per heavy atom. The summed E-state index contributed by atoms with van der Waals surface area (Å²) in [6.45, 7) is 1.23. The van der Waals surface area contributed by atoms with Gasteiger partial charge in [-0.15, -0.1) is 5.11 Å². The number of halogens is 1. The average molecular weight is 264 g/mol. The number of nitrogens with one attached hydrogen (secondary N) is 1. The lowest BCUT2D eigenvalue weighted by Gasteiger charge is -2.21. The smallest absolute Gasteiger partial charge is 0.264 e. The zero-order valence-corrected chi connectivity index (χ0v) is 9.99. The van der Waals surface area contributed by atoms with E-state index in [0.29, 0.717) is 0 Å². The van der Waals surface area contributed by atoms with Crippen LogP contribution >= 0.6 is 10.7 Å². The zero-order chi connectivity index (χ0) is 12.2. The topological polar surface area (TPSA) is 88.0 Å². The first kappa shape index (κ1) is 12.9. The van der Waals surface area contributed by atoms with Gasteiger partial charge >= 0.3 is 0 Å². The van der Waals surface area contributed by atoms with Crippen LogP contribution in [-0.2, 0) is 13.8 Å². The first-order chi connectivity index (χ1) is 7.37. The van der Waals surface area contributed by atoms with Crippen LogP contribution in [0.25, 0.3) is 0 Å². The summed E-state index contributed by atoms with van der Waals surface area (Å²) in [5.74, 6) is -0.443. The molecule has 0 aliphatic heterocycles. The van der Waals surface area contributed by atoms with Gasteiger partial charge in [0.25, 0.3) is 9.05 Å². The Hall–Kier alpha value is -1.21. The standard InChI is InChI=1S/C8H10ClN3O3S/c1-7(13)10-12-11-8(16(9,14)15)5-3-2-4-6-8/h2-5H,6H2,1H3,(H,10,11,13). The highest BCUT2D eigenvalue weighted by Crippen LogP contribution is 2.32. The van der Waals surface area contributed by atoms with Gasteiger partial charge in [-0.05, 0) is 6.08 Å². The van der Waals surface area contributed by atoms with E-state index in [1.54, 1.807) is 12.2 Å². The van der Waals surface area contributed by atoms with Crippen molar-refractivity contribution < 1.29 is 13.2 Å². The Kier molecular flexibility index (Phi) is 3.82. The van der Waals surface area contributed by atoms with Gasteiger partial charge in [0.15, 0.2) is 0 Å². The molecule has 1 amide bonds. The fraction of sp³-hybridized carbons (Fsp3) is 0.375. The largest absolute Gasteiger partial charge is 0.273 e. The summed E-state index contributed by atoms with van der Waals surface area (Å²) in [5, 5.41) is 6.87. The van der Waals surface area contributed by atoms with E-state index in [1.807, 2.05) is 5.43 Å². The molecule has 1 aliphatic rings. The monoisotopic (exact) mass is 263 g/mol. The number of nitrogens with zero attached hydrogens (tertiary/aromatic N) is 2. The van der Waals surface area contributed by atoms with Gasteiger partial charge in [-0.25, -0.2) is 13.8 Å². The molecule has 1 rings (SSSR count). The summed E-state index contributed by atoms with van der Waals surface area (Å²) in [6, 6.07) is 0. The molecule has 0 heterocycles. The van der Waals surface area contributed by atoms with Crippen molar-refractivity contribution in [2.45, 2.75) is 18.2 Å². The molecule has 0 saturated carbocycles. The van der Waals surface area contributed by atoms with Crippen molar-refractivity contribution >= 4 is 25.6 Å². The molecule has 1 N–H and O–H groups in total. The number of rotatable bonds is 3. The van der Waals surface area contributed by atoms with E-state index in [2.05, 4.69) is 10.3 Å². The third-order valence-electron chi connectivity index (χ3n) is 1.86. The summed E-state index contributed by atoms with van der Waals surface area (Å²) < 4.78 is 22.8. The molecule has 1 aliphatic carbocycles. The summed E-state index contributed by atoms with van der Waals surface area (Å²) in [6.07, 6.45) is 6.19. The molecule has 0 aromatic carbocycles. The van der Waals surface area contributed by atoms with Crippen LogP contribution in [0, 0.1) is 0 Å². The number of allylic oxidation sites excluding steroid dienone is 2. The van der Waals surface area contributed by atoms with Gasteiger partial charge in [0.1, 0.15) is 0 Å². The maximum absolute atomic E-state index is 11.4. The number of hydrogen-bond acceptors (Lipinski definition) is 5. The molecule has 0 aromatic rings. The predicted octanol–water partition coefficient (Wildman–Crippen LogP) is 1.27. The van der Waals surface area contributed by atoms with Crippen LogP contribution in [-0.4, -0.2) is 19.2 Å². The van der Waals surface area contributed by atoms with E-state index >= 15 is 0 Å². The number of carbonyl (C=O) groups is 1. The van der Waals surface area contributed by atoms with Crippen LogP contribution in [0.2, 0.25) is 0 Å². The van der Waals surface area contributed by atoms with Crippen LogP contribution in [0.5, 0.6) is 0 Å². The van der Waals surface area contributed by atoms with Gasteiger partial charge in [0.05, 0.1) is 0 Å². The summed E-state index contributed by atoms with van der Waals surface area (Å²) in [4.78, 5) is 8.93. The molecule has 0 radical (unpaired) electrons. The lowest BCUT2D eigenvalue weighted by atomic mass is 10.1. The minimum Gasteiger partial charge on any atom is -0.273 e. The Morgan fingerprint density at radius 3 is 2.62 bits per heavy atom. The Bertz CT molecular complexity index is 469. The third kappa shape index (κ3) is 2.89. The average Bonchev–Trinajstić information content (AvgIpc) is 2.17. The molecular formula is C8H10ClN3O3S. The van der Waals surface area contributed by atoms with Gasteiger partial charge < -0.3 is 0 Å². The van der Waals surface area contributed by atoms with Crippen LogP contribution in [0.1, 0.15) is 13.3 Å². The predicted molar refractivity (Wildman–Crippen MR) is 59.1 cm³/mol. The maximum atomic E-state index is 11.4. The summed E-state index contributed by atoms with van der Waals surface area (Å²) in [7, 11) is 1.34. The van der Waals surface area contributed by atoms with Crippen molar-refractivity contribution in [2.75, 3.05) is 0 Å². The van der Waals surface area contributed by atoms with Gasteiger partial charge in [0.2, 0.25) is 10.8 Å². The fourth-order valence-electron chi connectivity index (χ4n) is 1.07. The molecule has 8 heteroatoms. The zero-order valence-electron chi connectivity index (χ0n) is 8.42. The highest BCUT2D eigenvalue weighted by Gasteiger charge is 2.41. The van der Waals surface area contributed by atoms with E-state index in [9.17, 15) is 13.2 Å². The van der Waals surface area contributed by atoms with Crippen LogP contribution in [0.15, 0.2) is 34.6 Å².